The van der Waals surface area contributed by atoms with Crippen LogP contribution in [0.15, 0.2) is 35.5 Å². The van der Waals surface area contributed by atoms with Gasteiger partial charge < -0.3 is 5.32 Å². The van der Waals surface area contributed by atoms with Crippen LogP contribution in [0.4, 0.5) is 5.82 Å². The smallest absolute Gasteiger partial charge is 0.162 e. The van der Waals surface area contributed by atoms with Gasteiger partial charge in [0.05, 0.1) is 17.0 Å². The van der Waals surface area contributed by atoms with Crippen LogP contribution in [0.3, 0.4) is 0 Å². The molecule has 2 aliphatic carbocycles. The van der Waals surface area contributed by atoms with E-state index in [0.717, 1.165) is 53.2 Å². The zero-order chi connectivity index (χ0) is 19.7. The lowest BCUT2D eigenvalue weighted by Gasteiger charge is -2.44. The molecule has 0 amide bonds. The Kier molecular flexibility index (Phi) is 3.43. The van der Waals surface area contributed by atoms with E-state index in [0.29, 0.717) is 17.9 Å². The Morgan fingerprint density at radius 2 is 2.00 bits per heavy atom. The highest BCUT2D eigenvalue weighted by atomic mass is 16.1. The van der Waals surface area contributed by atoms with Crippen LogP contribution in [0.1, 0.15) is 74.8 Å². The maximum absolute atomic E-state index is 13.4. The van der Waals surface area contributed by atoms with E-state index in [4.69, 9.17) is 0 Å². The van der Waals surface area contributed by atoms with Crippen LogP contribution < -0.4 is 5.32 Å². The van der Waals surface area contributed by atoms with Gasteiger partial charge in [0.1, 0.15) is 0 Å². The van der Waals surface area contributed by atoms with E-state index >= 15 is 0 Å². The number of anilines is 1. The van der Waals surface area contributed by atoms with Gasteiger partial charge in [0, 0.05) is 34.9 Å². The summed E-state index contributed by atoms with van der Waals surface area (Å²) >= 11 is 0. The molecule has 3 aliphatic rings. The number of aromatic amines is 1. The third kappa shape index (κ3) is 2.37. The van der Waals surface area contributed by atoms with Crippen molar-refractivity contribution in [1.82, 2.24) is 10.2 Å². The van der Waals surface area contributed by atoms with E-state index in [1.807, 2.05) is 24.3 Å². The first-order valence-corrected chi connectivity index (χ1v) is 9.97. The second kappa shape index (κ2) is 5.57. The second-order valence-corrected chi connectivity index (χ2v) is 9.37. The Morgan fingerprint density at radius 1 is 1.21 bits per heavy atom. The molecule has 2 heterocycles. The van der Waals surface area contributed by atoms with Crippen molar-refractivity contribution in [3.8, 4) is 6.07 Å². The van der Waals surface area contributed by atoms with Crippen LogP contribution in [0.5, 0.6) is 0 Å². The molecule has 0 spiro atoms. The molecular weight excluding hydrogens is 348 g/mol. The molecule has 5 rings (SSSR count). The molecule has 1 aromatic carbocycles. The maximum atomic E-state index is 13.4. The average Bonchev–Trinajstić information content (AvgIpc) is 3.40. The van der Waals surface area contributed by atoms with Gasteiger partial charge in [-0.25, -0.2) is 0 Å². The maximum Gasteiger partial charge on any atom is 0.162 e. The van der Waals surface area contributed by atoms with Crippen molar-refractivity contribution < 1.29 is 4.79 Å². The third-order valence-corrected chi connectivity index (χ3v) is 6.49. The van der Waals surface area contributed by atoms with Gasteiger partial charge in [-0.1, -0.05) is 26.0 Å². The highest BCUT2D eigenvalue weighted by molar-refractivity contribution is 6.03. The summed E-state index contributed by atoms with van der Waals surface area (Å²) in [6.45, 7) is 6.41. The van der Waals surface area contributed by atoms with Crippen molar-refractivity contribution in [3.63, 3.8) is 0 Å². The van der Waals surface area contributed by atoms with Gasteiger partial charge in [0.2, 0.25) is 0 Å². The number of H-pyrrole nitrogens is 1. The number of fused-ring (bicyclic) bond motifs is 1. The lowest BCUT2D eigenvalue weighted by Crippen LogP contribution is -2.42. The minimum absolute atomic E-state index is 0.0779. The number of nitriles is 1. The van der Waals surface area contributed by atoms with Crippen molar-refractivity contribution >= 4 is 11.6 Å². The number of benzene rings is 1. The molecule has 0 radical (unpaired) electrons. The summed E-state index contributed by atoms with van der Waals surface area (Å²) in [4.78, 5) is 13.4. The number of hydrogen-bond acceptors (Lipinski definition) is 4. The number of nitrogens with one attached hydrogen (secondary N) is 2. The molecule has 2 aromatic rings. The fourth-order valence-corrected chi connectivity index (χ4v) is 5.08. The Labute approximate surface area is 164 Å². The van der Waals surface area contributed by atoms with E-state index in [1.165, 1.54) is 0 Å². The molecule has 2 N–H and O–H groups in total. The Hall–Kier alpha value is -2.87. The summed E-state index contributed by atoms with van der Waals surface area (Å²) in [6, 6.07) is 9.94. The van der Waals surface area contributed by atoms with Crippen LogP contribution in [0.2, 0.25) is 0 Å². The van der Waals surface area contributed by atoms with Gasteiger partial charge in [-0.15, -0.1) is 0 Å². The number of aromatic nitrogens is 2. The number of nitrogens with zero attached hydrogens (tertiary/aromatic N) is 2. The highest BCUT2D eigenvalue weighted by Crippen LogP contribution is 2.55. The standard InChI is InChI=1S/C23H24N4O/c1-22(2)10-16-18(17(28)11-22)23(3,15-6-4-5-13(9-15)12-24)19-20(14-7-8-14)26-27-21(19)25-16/h4-6,9,14H,7-8,10-11H2,1-3H3,(H2,25,26,27)/t23-/m1/s1. The molecule has 1 aromatic heterocycles. The van der Waals surface area contributed by atoms with Crippen LogP contribution in [-0.4, -0.2) is 16.0 Å². The van der Waals surface area contributed by atoms with E-state index in [2.05, 4.69) is 42.4 Å². The van der Waals surface area contributed by atoms with Crippen molar-refractivity contribution in [1.29, 1.82) is 5.26 Å². The quantitative estimate of drug-likeness (QED) is 0.811. The number of carbonyl (C=O) groups is 1. The van der Waals surface area contributed by atoms with Gasteiger partial charge in [-0.2, -0.15) is 10.4 Å². The summed E-state index contributed by atoms with van der Waals surface area (Å²) in [5.41, 5.74) is 4.95. The number of ketones is 1. The lowest BCUT2D eigenvalue weighted by atomic mass is 9.61. The zero-order valence-corrected chi connectivity index (χ0v) is 16.5. The predicted octanol–water partition coefficient (Wildman–Crippen LogP) is 4.53. The molecule has 1 saturated carbocycles. The lowest BCUT2D eigenvalue weighted by molar-refractivity contribution is -0.118. The molecule has 1 aliphatic heterocycles. The first kappa shape index (κ1) is 17.2. The summed E-state index contributed by atoms with van der Waals surface area (Å²) in [5, 5.41) is 20.8. The first-order chi connectivity index (χ1) is 13.3. The van der Waals surface area contributed by atoms with E-state index < -0.39 is 5.41 Å². The van der Waals surface area contributed by atoms with Crippen LogP contribution in [0, 0.1) is 16.7 Å². The topological polar surface area (TPSA) is 81.6 Å². The van der Waals surface area contributed by atoms with Gasteiger partial charge in [-0.05, 0) is 49.3 Å². The van der Waals surface area contributed by atoms with Crippen LogP contribution in [0.25, 0.3) is 0 Å². The molecule has 1 fully saturated rings. The average molecular weight is 372 g/mol. The molecule has 5 nitrogen and oxygen atoms in total. The molecule has 5 heteroatoms. The molecule has 1 atom stereocenters. The minimum atomic E-state index is -0.610. The van der Waals surface area contributed by atoms with E-state index in [1.54, 1.807) is 0 Å². The molecule has 0 bridgehead atoms. The summed E-state index contributed by atoms with van der Waals surface area (Å²) in [7, 11) is 0. The van der Waals surface area contributed by atoms with Gasteiger partial charge in [0.25, 0.3) is 0 Å². The Bertz CT molecular complexity index is 1080. The normalized spacial score (nSPS) is 25.6. The molecular formula is C23H24N4O. The third-order valence-electron chi connectivity index (χ3n) is 6.49. The molecule has 0 saturated heterocycles. The predicted molar refractivity (Wildman–Crippen MR) is 107 cm³/mol. The zero-order valence-electron chi connectivity index (χ0n) is 16.5. The largest absolute Gasteiger partial charge is 0.342 e. The highest BCUT2D eigenvalue weighted by Gasteiger charge is 2.51. The molecule has 0 unspecified atom stereocenters. The number of carbonyl (C=O) groups excluding carboxylic acids is 1. The van der Waals surface area contributed by atoms with E-state index in [-0.39, 0.29) is 11.2 Å². The summed E-state index contributed by atoms with van der Waals surface area (Å²) < 4.78 is 0. The molecule has 28 heavy (non-hydrogen) atoms. The van der Waals surface area contributed by atoms with E-state index in [9.17, 15) is 10.1 Å². The SMILES string of the molecule is CC1(C)CC(=O)C2=C(C1)Nc1n[nH]c(C3CC3)c1[C@]2(C)c1cccc(C#N)c1. The minimum Gasteiger partial charge on any atom is -0.342 e. The number of hydrogen-bond donors (Lipinski definition) is 2. The van der Waals surface area contributed by atoms with Crippen molar-refractivity contribution in [2.24, 2.45) is 5.41 Å². The first-order valence-electron chi connectivity index (χ1n) is 9.97. The number of rotatable bonds is 2. The van der Waals surface area contributed by atoms with Crippen molar-refractivity contribution in [2.75, 3.05) is 5.32 Å². The summed E-state index contributed by atoms with van der Waals surface area (Å²) in [6.07, 6.45) is 3.64. The number of allylic oxidation sites excluding steroid dienone is 2. The monoisotopic (exact) mass is 372 g/mol. The van der Waals surface area contributed by atoms with Gasteiger partial charge >= 0.3 is 0 Å². The fraction of sp³-hybridized carbons (Fsp3) is 0.435. The Balaban J connectivity index is 1.80. The molecule has 142 valence electrons. The fourth-order valence-electron chi connectivity index (χ4n) is 5.08. The van der Waals surface area contributed by atoms with Gasteiger partial charge in [0.15, 0.2) is 11.6 Å². The van der Waals surface area contributed by atoms with Crippen LogP contribution in [-0.2, 0) is 10.2 Å². The Morgan fingerprint density at radius 3 is 2.71 bits per heavy atom. The van der Waals surface area contributed by atoms with Crippen molar-refractivity contribution in [3.05, 3.63) is 57.9 Å². The van der Waals surface area contributed by atoms with Crippen molar-refractivity contribution in [2.45, 2.75) is 57.8 Å². The summed E-state index contributed by atoms with van der Waals surface area (Å²) in [5.74, 6) is 1.50. The second-order valence-electron chi connectivity index (χ2n) is 9.37. The number of Topliss-reactive ketones (excluding diaryl/α,β-unsaturated/α-hetero) is 1. The van der Waals surface area contributed by atoms with Gasteiger partial charge in [-0.3, -0.25) is 9.89 Å². The van der Waals surface area contributed by atoms with Crippen LogP contribution >= 0.6 is 0 Å².